The fourth-order valence-corrected chi connectivity index (χ4v) is 3.74. The summed E-state index contributed by atoms with van der Waals surface area (Å²) in [6.45, 7) is 1.71. The lowest BCUT2D eigenvalue weighted by molar-refractivity contribution is -0.192. The minimum absolute atomic E-state index is 0.839. The Morgan fingerprint density at radius 2 is 1.32 bits per heavy atom. The molecule has 8 heteroatoms. The minimum Gasteiger partial charge on any atom is -0.475 e. The van der Waals surface area contributed by atoms with Gasteiger partial charge in [0.15, 0.2) is 0 Å². The first-order valence-corrected chi connectivity index (χ1v) is 11.5. The van der Waals surface area contributed by atoms with Crippen LogP contribution in [0.15, 0.2) is 103 Å². The number of alkyl halides is 3. The lowest BCUT2D eigenvalue weighted by atomic mass is 10.0. The van der Waals surface area contributed by atoms with Gasteiger partial charge in [-0.2, -0.15) is 13.2 Å². The van der Waals surface area contributed by atoms with E-state index >= 15 is 0 Å². The van der Waals surface area contributed by atoms with Crippen molar-refractivity contribution >= 4 is 17.0 Å². The highest BCUT2D eigenvalue weighted by atomic mass is 19.4. The van der Waals surface area contributed by atoms with Gasteiger partial charge in [0.25, 0.3) is 0 Å². The van der Waals surface area contributed by atoms with Gasteiger partial charge in [-0.15, -0.1) is 0 Å². The molecule has 4 aromatic carbocycles. The van der Waals surface area contributed by atoms with Crippen molar-refractivity contribution in [3.8, 4) is 22.5 Å². The number of imidazole rings is 1. The first-order chi connectivity index (χ1) is 17.8. The highest BCUT2D eigenvalue weighted by Crippen LogP contribution is 2.27. The molecule has 5 aromatic rings. The summed E-state index contributed by atoms with van der Waals surface area (Å²) in [6.07, 6.45) is -5.08. The number of aliphatic carboxylic acids is 1. The first-order valence-electron chi connectivity index (χ1n) is 11.5. The summed E-state index contributed by atoms with van der Waals surface area (Å²) < 4.78 is 31.7. The van der Waals surface area contributed by atoms with Crippen LogP contribution >= 0.6 is 0 Å². The topological polar surface area (TPSA) is 78.0 Å². The molecular weight excluding hydrogens is 479 g/mol. The molecule has 0 unspecified atom stereocenters. The molecule has 0 amide bonds. The van der Waals surface area contributed by atoms with Gasteiger partial charge in [0, 0.05) is 18.7 Å². The number of carboxylic acids is 1. The van der Waals surface area contributed by atoms with Crippen LogP contribution in [0, 0.1) is 0 Å². The third kappa shape index (κ3) is 7.05. The fraction of sp³-hybridized carbons (Fsp3) is 0.103. The van der Waals surface area contributed by atoms with Crippen LogP contribution in [-0.4, -0.2) is 27.2 Å². The van der Waals surface area contributed by atoms with Gasteiger partial charge < -0.3 is 15.4 Å². The number of halogens is 3. The molecule has 0 bridgehead atoms. The number of aromatic amines is 1. The van der Waals surface area contributed by atoms with Gasteiger partial charge >= 0.3 is 12.1 Å². The third-order valence-electron chi connectivity index (χ3n) is 5.53. The number of fused-ring (bicyclic) bond motifs is 1. The Balaban J connectivity index is 0.000000405. The van der Waals surface area contributed by atoms with Gasteiger partial charge in [-0.1, -0.05) is 78.9 Å². The van der Waals surface area contributed by atoms with Crippen molar-refractivity contribution in [1.82, 2.24) is 15.3 Å². The molecule has 5 nitrogen and oxygen atoms in total. The smallest absolute Gasteiger partial charge is 0.475 e. The number of para-hydroxylation sites is 2. The summed E-state index contributed by atoms with van der Waals surface area (Å²) in [7, 11) is 0. The molecule has 0 saturated carbocycles. The first kappa shape index (κ1) is 25.7. The number of aromatic nitrogens is 2. The lowest BCUT2D eigenvalue weighted by Gasteiger charge is -2.09. The lowest BCUT2D eigenvalue weighted by Crippen LogP contribution is -2.21. The van der Waals surface area contributed by atoms with Crippen LogP contribution in [0.5, 0.6) is 0 Å². The highest BCUT2D eigenvalue weighted by Gasteiger charge is 2.38. The molecule has 1 heterocycles. The van der Waals surface area contributed by atoms with Gasteiger partial charge in [0.2, 0.25) is 0 Å². The summed E-state index contributed by atoms with van der Waals surface area (Å²) in [4.78, 5) is 17.1. The molecule has 0 spiro atoms. The molecule has 0 aliphatic rings. The van der Waals surface area contributed by atoms with Crippen molar-refractivity contribution in [3.63, 3.8) is 0 Å². The Morgan fingerprint density at radius 1 is 0.757 bits per heavy atom. The maximum atomic E-state index is 10.6. The zero-order valence-electron chi connectivity index (χ0n) is 19.7. The highest BCUT2D eigenvalue weighted by molar-refractivity contribution is 5.80. The van der Waals surface area contributed by atoms with Crippen molar-refractivity contribution in [2.75, 3.05) is 0 Å². The Bertz CT molecular complexity index is 1450. The van der Waals surface area contributed by atoms with E-state index in [0.717, 1.165) is 35.5 Å². The zero-order valence-corrected chi connectivity index (χ0v) is 19.7. The average Bonchev–Trinajstić information content (AvgIpc) is 3.34. The van der Waals surface area contributed by atoms with E-state index in [2.05, 4.69) is 89.2 Å². The SMILES string of the molecule is O=C(O)C(F)(F)F.c1ccc(CNCc2cccc(-c3cccc(-c4nc5ccccc5[nH]4)c3)c2)cc1. The summed E-state index contributed by atoms with van der Waals surface area (Å²) in [6, 6.07) is 35.9. The molecule has 0 fully saturated rings. The quantitative estimate of drug-likeness (QED) is 0.238. The molecule has 0 aliphatic carbocycles. The predicted molar refractivity (Wildman–Crippen MR) is 138 cm³/mol. The second-order valence-corrected chi connectivity index (χ2v) is 8.28. The van der Waals surface area contributed by atoms with Crippen LogP contribution in [0.2, 0.25) is 0 Å². The Morgan fingerprint density at radius 3 is 2.03 bits per heavy atom. The molecule has 5 rings (SSSR count). The Kier molecular flexibility index (Phi) is 8.00. The van der Waals surface area contributed by atoms with Crippen LogP contribution < -0.4 is 5.32 Å². The molecular formula is C29H24F3N3O2. The zero-order chi connectivity index (χ0) is 26.3. The normalized spacial score (nSPS) is 11.1. The van der Waals surface area contributed by atoms with Crippen molar-refractivity contribution in [2.24, 2.45) is 0 Å². The number of H-pyrrole nitrogens is 1. The van der Waals surface area contributed by atoms with Gasteiger partial charge in [0.1, 0.15) is 5.82 Å². The van der Waals surface area contributed by atoms with Crippen molar-refractivity contribution < 1.29 is 23.1 Å². The van der Waals surface area contributed by atoms with E-state index in [0.29, 0.717) is 0 Å². The van der Waals surface area contributed by atoms with Crippen LogP contribution in [0.25, 0.3) is 33.5 Å². The van der Waals surface area contributed by atoms with E-state index < -0.39 is 12.1 Å². The van der Waals surface area contributed by atoms with E-state index in [9.17, 15) is 13.2 Å². The van der Waals surface area contributed by atoms with E-state index in [1.807, 2.05) is 24.3 Å². The van der Waals surface area contributed by atoms with E-state index in [-0.39, 0.29) is 0 Å². The number of benzene rings is 4. The number of carboxylic acid groups (broad SMARTS) is 1. The molecule has 1 aromatic heterocycles. The largest absolute Gasteiger partial charge is 0.490 e. The van der Waals surface area contributed by atoms with Crippen molar-refractivity contribution in [3.05, 3.63) is 114 Å². The molecule has 0 saturated heterocycles. The van der Waals surface area contributed by atoms with Crippen molar-refractivity contribution in [2.45, 2.75) is 19.3 Å². The Labute approximate surface area is 211 Å². The van der Waals surface area contributed by atoms with Crippen LogP contribution in [0.3, 0.4) is 0 Å². The average molecular weight is 504 g/mol. The molecule has 188 valence electrons. The van der Waals surface area contributed by atoms with Crippen LogP contribution in [0.1, 0.15) is 11.1 Å². The number of hydrogen-bond acceptors (Lipinski definition) is 3. The van der Waals surface area contributed by atoms with Gasteiger partial charge in [-0.3, -0.25) is 0 Å². The van der Waals surface area contributed by atoms with E-state index in [1.165, 1.54) is 22.3 Å². The van der Waals surface area contributed by atoms with Gasteiger partial charge in [0.05, 0.1) is 11.0 Å². The summed E-state index contributed by atoms with van der Waals surface area (Å²) >= 11 is 0. The second-order valence-electron chi connectivity index (χ2n) is 8.28. The van der Waals surface area contributed by atoms with Crippen LogP contribution in [-0.2, 0) is 17.9 Å². The maximum absolute atomic E-state index is 10.6. The number of carbonyl (C=O) groups is 1. The monoisotopic (exact) mass is 503 g/mol. The van der Waals surface area contributed by atoms with Crippen molar-refractivity contribution in [1.29, 1.82) is 0 Å². The standard InChI is InChI=1S/C27H23N3.C2HF3O2/c1-2-8-20(9-3-1)18-28-19-21-10-6-11-22(16-21)23-12-7-13-24(17-23)27-29-25-14-4-5-15-26(25)30-27;3-2(4,5)1(6)7/h1-17,28H,18-19H2,(H,29,30);(H,6,7). The summed E-state index contributed by atoms with van der Waals surface area (Å²) in [5, 5.41) is 10.7. The molecule has 37 heavy (non-hydrogen) atoms. The van der Waals surface area contributed by atoms with E-state index in [1.54, 1.807) is 0 Å². The van der Waals surface area contributed by atoms with Crippen LogP contribution in [0.4, 0.5) is 13.2 Å². The van der Waals surface area contributed by atoms with Gasteiger partial charge in [-0.25, -0.2) is 9.78 Å². The van der Waals surface area contributed by atoms with E-state index in [4.69, 9.17) is 14.9 Å². The predicted octanol–water partition coefficient (Wildman–Crippen LogP) is 6.82. The third-order valence-corrected chi connectivity index (χ3v) is 5.53. The Hall–Kier alpha value is -4.43. The molecule has 0 radical (unpaired) electrons. The fourth-order valence-electron chi connectivity index (χ4n) is 3.74. The summed E-state index contributed by atoms with van der Waals surface area (Å²) in [5.74, 6) is -1.86. The minimum atomic E-state index is -5.08. The number of nitrogens with zero attached hydrogens (tertiary/aromatic N) is 1. The van der Waals surface area contributed by atoms with Gasteiger partial charge in [-0.05, 0) is 46.5 Å². The second kappa shape index (κ2) is 11.5. The molecule has 3 N–H and O–H groups in total. The molecule has 0 atom stereocenters. The molecule has 0 aliphatic heterocycles. The number of nitrogens with one attached hydrogen (secondary N) is 2. The number of hydrogen-bond donors (Lipinski definition) is 3. The number of rotatable bonds is 6. The maximum Gasteiger partial charge on any atom is 0.490 e. The summed E-state index contributed by atoms with van der Waals surface area (Å²) in [5.41, 5.74) is 8.12.